The molecule has 0 amide bonds. The summed E-state index contributed by atoms with van der Waals surface area (Å²) in [5, 5.41) is 0. The molecule has 0 heterocycles. The van der Waals surface area contributed by atoms with Crippen LogP contribution in [0.15, 0.2) is 56.7 Å². The van der Waals surface area contributed by atoms with Crippen LogP contribution in [0.4, 0.5) is 13.2 Å². The minimum Gasteiger partial charge on any atom is -0.330 e. The smallest absolute Gasteiger partial charge is 0.330 e. The number of hydrogen-bond donors (Lipinski definition) is 1. The predicted molar refractivity (Wildman–Crippen MR) is 82.5 cm³/mol. The first-order chi connectivity index (χ1) is 9.90. The van der Waals surface area contributed by atoms with E-state index in [0.29, 0.717) is 18.5 Å². The lowest BCUT2D eigenvalue weighted by atomic mass is 10.1. The lowest BCUT2D eigenvalue weighted by Crippen LogP contribution is -2.09. The van der Waals surface area contributed by atoms with Crippen LogP contribution in [0.5, 0.6) is 0 Å². The van der Waals surface area contributed by atoms with Crippen molar-refractivity contribution in [3.8, 4) is 0 Å². The zero-order valence-electron chi connectivity index (χ0n) is 11.0. The average molecular weight is 376 g/mol. The summed E-state index contributed by atoms with van der Waals surface area (Å²) in [4.78, 5) is 0.947. The van der Waals surface area contributed by atoms with Crippen LogP contribution < -0.4 is 5.73 Å². The van der Waals surface area contributed by atoms with E-state index in [0.717, 1.165) is 21.1 Å². The molecule has 21 heavy (non-hydrogen) atoms. The summed E-state index contributed by atoms with van der Waals surface area (Å²) in [7, 11) is 0. The van der Waals surface area contributed by atoms with Gasteiger partial charge in [0.25, 0.3) is 0 Å². The van der Waals surface area contributed by atoms with E-state index in [1.807, 2.05) is 6.07 Å². The second-order valence-electron chi connectivity index (χ2n) is 4.43. The van der Waals surface area contributed by atoms with Gasteiger partial charge in [-0.3, -0.25) is 0 Å². The first-order valence-corrected chi connectivity index (χ1v) is 7.84. The van der Waals surface area contributed by atoms with E-state index in [2.05, 4.69) is 15.9 Å². The Kier molecular flexibility index (Phi) is 5.35. The van der Waals surface area contributed by atoms with Crippen molar-refractivity contribution in [2.45, 2.75) is 22.4 Å². The van der Waals surface area contributed by atoms with Gasteiger partial charge in [0, 0.05) is 14.3 Å². The van der Waals surface area contributed by atoms with Crippen LogP contribution in [-0.4, -0.2) is 6.54 Å². The van der Waals surface area contributed by atoms with Crippen LogP contribution in [0, 0.1) is 0 Å². The molecule has 0 fully saturated rings. The Hall–Kier alpha value is -0.980. The average Bonchev–Trinajstić information content (AvgIpc) is 2.39. The highest BCUT2D eigenvalue weighted by molar-refractivity contribution is 9.10. The van der Waals surface area contributed by atoms with Crippen molar-refractivity contribution >= 4 is 27.7 Å². The van der Waals surface area contributed by atoms with Crippen LogP contribution in [-0.2, 0) is 12.6 Å². The van der Waals surface area contributed by atoms with E-state index in [1.165, 1.54) is 12.1 Å². The van der Waals surface area contributed by atoms with Gasteiger partial charge in [0.15, 0.2) is 0 Å². The van der Waals surface area contributed by atoms with E-state index in [-0.39, 0.29) is 4.90 Å². The highest BCUT2D eigenvalue weighted by Crippen LogP contribution is 2.40. The second-order valence-corrected chi connectivity index (χ2v) is 6.46. The zero-order chi connectivity index (χ0) is 15.5. The molecular weight excluding hydrogens is 363 g/mol. The molecule has 0 saturated heterocycles. The van der Waals surface area contributed by atoms with Crippen LogP contribution in [0.2, 0.25) is 0 Å². The molecule has 2 rings (SSSR count). The number of halogens is 4. The molecule has 0 atom stereocenters. The molecule has 2 N–H and O–H groups in total. The van der Waals surface area contributed by atoms with E-state index in [9.17, 15) is 13.2 Å². The Morgan fingerprint density at radius 3 is 2.48 bits per heavy atom. The van der Waals surface area contributed by atoms with Crippen molar-refractivity contribution in [2.24, 2.45) is 5.73 Å². The topological polar surface area (TPSA) is 26.0 Å². The van der Waals surface area contributed by atoms with Gasteiger partial charge in [0.1, 0.15) is 0 Å². The maximum atomic E-state index is 13.2. The summed E-state index contributed by atoms with van der Waals surface area (Å²) in [6.07, 6.45) is -3.94. The number of nitrogens with two attached hydrogens (primary N) is 1. The fourth-order valence-corrected chi connectivity index (χ4v) is 3.43. The fraction of sp³-hybridized carbons (Fsp3) is 0.200. The summed E-state index contributed by atoms with van der Waals surface area (Å²) < 4.78 is 40.4. The quantitative estimate of drug-likeness (QED) is 0.802. The molecule has 0 spiro atoms. The minimum atomic E-state index is -4.38. The second kappa shape index (κ2) is 6.85. The molecule has 2 aromatic rings. The minimum absolute atomic E-state index is 0.196. The van der Waals surface area contributed by atoms with Crippen LogP contribution in [0.3, 0.4) is 0 Å². The number of benzene rings is 2. The molecule has 0 aromatic heterocycles. The van der Waals surface area contributed by atoms with Crippen LogP contribution in [0.1, 0.15) is 11.1 Å². The van der Waals surface area contributed by atoms with Crippen molar-refractivity contribution in [1.82, 2.24) is 0 Å². The highest BCUT2D eigenvalue weighted by Gasteiger charge is 2.33. The van der Waals surface area contributed by atoms with E-state index in [4.69, 9.17) is 5.73 Å². The number of hydrogen-bond acceptors (Lipinski definition) is 2. The van der Waals surface area contributed by atoms with Crippen molar-refractivity contribution in [2.75, 3.05) is 6.54 Å². The zero-order valence-corrected chi connectivity index (χ0v) is 13.4. The van der Waals surface area contributed by atoms with Gasteiger partial charge in [-0.25, -0.2) is 0 Å². The standard InChI is InChI=1S/C15H13BrF3NS/c16-11-2-1-3-12(9-11)21-14-5-4-10(6-7-20)8-13(14)15(17,18)19/h1-5,8-9H,6-7,20H2. The fourth-order valence-electron chi connectivity index (χ4n) is 1.87. The van der Waals surface area contributed by atoms with Crippen molar-refractivity contribution in [1.29, 1.82) is 0 Å². The molecule has 6 heteroatoms. The Morgan fingerprint density at radius 2 is 1.86 bits per heavy atom. The SMILES string of the molecule is NCCc1ccc(Sc2cccc(Br)c2)c(C(F)(F)F)c1. The van der Waals surface area contributed by atoms with Gasteiger partial charge >= 0.3 is 6.18 Å². The highest BCUT2D eigenvalue weighted by atomic mass is 79.9. The molecular formula is C15H13BrF3NS. The lowest BCUT2D eigenvalue weighted by molar-refractivity contribution is -0.139. The van der Waals surface area contributed by atoms with Gasteiger partial charge in [-0.1, -0.05) is 39.8 Å². The molecule has 0 bridgehead atoms. The van der Waals surface area contributed by atoms with Crippen molar-refractivity contribution < 1.29 is 13.2 Å². The van der Waals surface area contributed by atoms with Crippen LogP contribution in [0.25, 0.3) is 0 Å². The number of rotatable bonds is 4. The summed E-state index contributed by atoms with van der Waals surface area (Å²) in [5.41, 5.74) is 5.39. The molecule has 0 aliphatic rings. The Bertz CT molecular complexity index is 629. The summed E-state index contributed by atoms with van der Waals surface area (Å²) in [5.74, 6) is 0. The lowest BCUT2D eigenvalue weighted by Gasteiger charge is -2.14. The van der Waals surface area contributed by atoms with E-state index in [1.54, 1.807) is 24.3 Å². The third-order valence-corrected chi connectivity index (χ3v) is 4.37. The predicted octanol–water partition coefficient (Wildman–Crippen LogP) is 5.12. The van der Waals surface area contributed by atoms with Gasteiger partial charge < -0.3 is 5.73 Å². The summed E-state index contributed by atoms with van der Waals surface area (Å²) in [6, 6.07) is 11.6. The van der Waals surface area contributed by atoms with Gasteiger partial charge in [-0.2, -0.15) is 13.2 Å². The number of alkyl halides is 3. The monoisotopic (exact) mass is 375 g/mol. The maximum Gasteiger partial charge on any atom is 0.417 e. The van der Waals surface area contributed by atoms with Crippen molar-refractivity contribution in [3.05, 3.63) is 58.1 Å². The Morgan fingerprint density at radius 1 is 1.10 bits per heavy atom. The largest absolute Gasteiger partial charge is 0.417 e. The van der Waals surface area contributed by atoms with Gasteiger partial charge in [0.05, 0.1) is 5.56 Å². The Balaban J connectivity index is 2.38. The Labute approximate surface area is 133 Å². The van der Waals surface area contributed by atoms with Gasteiger partial charge in [0.2, 0.25) is 0 Å². The molecule has 0 aliphatic carbocycles. The first kappa shape index (κ1) is 16.4. The van der Waals surface area contributed by atoms with E-state index < -0.39 is 11.7 Å². The van der Waals surface area contributed by atoms with Gasteiger partial charge in [-0.15, -0.1) is 0 Å². The maximum absolute atomic E-state index is 13.2. The third kappa shape index (κ3) is 4.49. The molecule has 0 saturated carbocycles. The summed E-state index contributed by atoms with van der Waals surface area (Å²) in [6.45, 7) is 0.329. The molecule has 0 aliphatic heterocycles. The summed E-state index contributed by atoms with van der Waals surface area (Å²) >= 11 is 4.42. The first-order valence-electron chi connectivity index (χ1n) is 6.24. The molecule has 112 valence electrons. The van der Waals surface area contributed by atoms with E-state index >= 15 is 0 Å². The van der Waals surface area contributed by atoms with Crippen LogP contribution >= 0.6 is 27.7 Å². The third-order valence-electron chi connectivity index (χ3n) is 2.81. The molecule has 1 nitrogen and oxygen atoms in total. The molecule has 2 aromatic carbocycles. The normalized spacial score (nSPS) is 11.7. The molecule has 0 unspecified atom stereocenters. The van der Waals surface area contributed by atoms with Crippen molar-refractivity contribution in [3.63, 3.8) is 0 Å². The molecule has 0 radical (unpaired) electrons. The van der Waals surface area contributed by atoms with Gasteiger partial charge in [-0.05, 0) is 48.9 Å².